The molecule has 0 radical (unpaired) electrons. The topological polar surface area (TPSA) is 124 Å². The number of amides is 1. The van der Waals surface area contributed by atoms with Crippen molar-refractivity contribution in [2.45, 2.75) is 212 Å². The molecule has 1 amide bonds. The number of aliphatic hydroxyl groups is 2. The summed E-state index contributed by atoms with van der Waals surface area (Å²) < 4.78 is 32.4. The third-order valence-electron chi connectivity index (χ3n) is 8.67. The fourth-order valence-electron chi connectivity index (χ4n) is 5.81. The summed E-state index contributed by atoms with van der Waals surface area (Å²) >= 11 is 0. The average molecular weight is 634 g/mol. The molecule has 0 rings (SSSR count). The standard InChI is InChI=1S/C35H71NO6S/c1-3-5-7-9-11-13-15-17-18-20-22-24-26-28-30-34(38)35(39)36-32(31-43(40,41)42)33(37)29-27-25-23-21-19-16-14-12-10-8-6-4-2/h32-34,37-38H,3-31H2,1-2H3,(H,36,39)(H,40,41,42). The maximum absolute atomic E-state index is 12.5. The summed E-state index contributed by atoms with van der Waals surface area (Å²) in [5.41, 5.74) is 0. The minimum absolute atomic E-state index is 0.303. The van der Waals surface area contributed by atoms with Gasteiger partial charge >= 0.3 is 0 Å². The highest BCUT2D eigenvalue weighted by Gasteiger charge is 2.28. The van der Waals surface area contributed by atoms with Crippen LogP contribution in [-0.2, 0) is 14.9 Å². The van der Waals surface area contributed by atoms with Crippen LogP contribution in [0.5, 0.6) is 0 Å². The Morgan fingerprint density at radius 2 is 0.837 bits per heavy atom. The molecule has 0 aliphatic rings. The minimum Gasteiger partial charge on any atom is -0.391 e. The largest absolute Gasteiger partial charge is 0.391 e. The number of unbranched alkanes of at least 4 members (excludes halogenated alkanes) is 24. The van der Waals surface area contributed by atoms with Crippen LogP contribution in [0.3, 0.4) is 0 Å². The smallest absolute Gasteiger partial charge is 0.266 e. The lowest BCUT2D eigenvalue weighted by atomic mass is 10.0. The van der Waals surface area contributed by atoms with Crippen molar-refractivity contribution in [3.8, 4) is 0 Å². The average Bonchev–Trinajstić information content (AvgIpc) is 2.96. The molecule has 0 saturated heterocycles. The summed E-state index contributed by atoms with van der Waals surface area (Å²) in [6.45, 7) is 4.48. The SMILES string of the molecule is CCCCCCCCCCCCCCCCC(O)C(=O)NC(CS(=O)(=O)O)C(O)CCCCCCCCCCCCCC. The first-order valence-electron chi connectivity index (χ1n) is 18.3. The van der Waals surface area contributed by atoms with Crippen molar-refractivity contribution in [3.05, 3.63) is 0 Å². The highest BCUT2D eigenvalue weighted by Crippen LogP contribution is 2.16. The van der Waals surface area contributed by atoms with Crippen LogP contribution in [0.2, 0.25) is 0 Å². The second kappa shape index (κ2) is 30.0. The molecule has 8 heteroatoms. The van der Waals surface area contributed by atoms with Gasteiger partial charge in [-0.15, -0.1) is 0 Å². The number of carbonyl (C=O) groups is 1. The number of carbonyl (C=O) groups excluding carboxylic acids is 1. The van der Waals surface area contributed by atoms with Gasteiger partial charge < -0.3 is 15.5 Å². The Kier molecular flexibility index (Phi) is 29.5. The Balaban J connectivity index is 4.03. The number of rotatable bonds is 33. The zero-order chi connectivity index (χ0) is 32.0. The molecule has 7 nitrogen and oxygen atoms in total. The summed E-state index contributed by atoms with van der Waals surface area (Å²) in [5.74, 6) is -1.44. The van der Waals surface area contributed by atoms with Gasteiger partial charge in [-0.3, -0.25) is 9.35 Å². The normalized spacial score (nSPS) is 14.1. The highest BCUT2D eigenvalue weighted by atomic mass is 32.2. The molecule has 0 spiro atoms. The molecule has 0 saturated carbocycles. The fourth-order valence-corrected chi connectivity index (χ4v) is 6.57. The first-order chi connectivity index (χ1) is 20.7. The number of aliphatic hydroxyl groups excluding tert-OH is 2. The van der Waals surface area contributed by atoms with Crippen molar-refractivity contribution >= 4 is 16.0 Å². The van der Waals surface area contributed by atoms with Gasteiger partial charge in [0, 0.05) is 0 Å². The van der Waals surface area contributed by atoms with Crippen LogP contribution in [0, 0.1) is 0 Å². The van der Waals surface area contributed by atoms with E-state index in [1.54, 1.807) is 0 Å². The first kappa shape index (κ1) is 42.3. The van der Waals surface area contributed by atoms with Crippen molar-refractivity contribution in [3.63, 3.8) is 0 Å². The van der Waals surface area contributed by atoms with Crippen molar-refractivity contribution < 1.29 is 28.0 Å². The van der Waals surface area contributed by atoms with E-state index in [9.17, 15) is 28.0 Å². The molecule has 0 aromatic rings. The molecule has 0 aliphatic carbocycles. The summed E-state index contributed by atoms with van der Waals surface area (Å²) in [6.07, 6.45) is 29.7. The van der Waals surface area contributed by atoms with Gasteiger partial charge in [0.2, 0.25) is 5.91 Å². The highest BCUT2D eigenvalue weighted by molar-refractivity contribution is 7.85. The molecule has 0 aliphatic heterocycles. The number of nitrogens with one attached hydrogen (secondary N) is 1. The number of hydrogen-bond donors (Lipinski definition) is 4. The molecular formula is C35H71NO6S. The molecule has 0 aromatic carbocycles. The van der Waals surface area contributed by atoms with Crippen LogP contribution in [-0.4, -0.2) is 53.1 Å². The summed E-state index contributed by atoms with van der Waals surface area (Å²) in [5, 5.41) is 23.4. The third-order valence-corrected chi connectivity index (χ3v) is 9.45. The predicted octanol–water partition coefficient (Wildman–Crippen LogP) is 9.04. The van der Waals surface area contributed by atoms with E-state index < -0.39 is 40.0 Å². The van der Waals surface area contributed by atoms with E-state index in [1.807, 2.05) is 0 Å². The van der Waals surface area contributed by atoms with Gasteiger partial charge in [0.15, 0.2) is 0 Å². The van der Waals surface area contributed by atoms with Gasteiger partial charge in [-0.05, 0) is 12.8 Å². The molecule has 3 atom stereocenters. The second-order valence-corrected chi connectivity index (χ2v) is 14.5. The maximum atomic E-state index is 12.5. The quantitative estimate of drug-likeness (QED) is 0.0422. The lowest BCUT2D eigenvalue weighted by molar-refractivity contribution is -0.131. The fraction of sp³-hybridized carbons (Fsp3) is 0.971. The molecule has 43 heavy (non-hydrogen) atoms. The van der Waals surface area contributed by atoms with Crippen LogP contribution in [0.15, 0.2) is 0 Å². The van der Waals surface area contributed by atoms with E-state index in [0.717, 1.165) is 44.9 Å². The van der Waals surface area contributed by atoms with E-state index >= 15 is 0 Å². The van der Waals surface area contributed by atoms with Crippen LogP contribution < -0.4 is 5.32 Å². The van der Waals surface area contributed by atoms with Crippen LogP contribution in [0.25, 0.3) is 0 Å². The molecule has 0 aromatic heterocycles. The Morgan fingerprint density at radius 1 is 0.535 bits per heavy atom. The molecule has 3 unspecified atom stereocenters. The van der Waals surface area contributed by atoms with Crippen molar-refractivity contribution in [1.82, 2.24) is 5.32 Å². The Bertz CT molecular complexity index is 717. The second-order valence-electron chi connectivity index (χ2n) is 13.0. The molecule has 0 bridgehead atoms. The third kappa shape index (κ3) is 29.8. The molecule has 4 N–H and O–H groups in total. The lowest BCUT2D eigenvalue weighted by Gasteiger charge is -2.24. The van der Waals surface area contributed by atoms with E-state index in [-0.39, 0.29) is 0 Å². The monoisotopic (exact) mass is 634 g/mol. The van der Waals surface area contributed by atoms with Crippen molar-refractivity contribution in [2.75, 3.05) is 5.75 Å². The first-order valence-corrected chi connectivity index (χ1v) is 19.9. The Hall–Kier alpha value is -0.700. The van der Waals surface area contributed by atoms with E-state index in [2.05, 4.69) is 19.2 Å². The van der Waals surface area contributed by atoms with Gasteiger partial charge in [0.05, 0.1) is 17.9 Å². The lowest BCUT2D eigenvalue weighted by Crippen LogP contribution is -2.50. The predicted molar refractivity (Wildman–Crippen MR) is 181 cm³/mol. The van der Waals surface area contributed by atoms with Crippen LogP contribution in [0.4, 0.5) is 0 Å². The molecular weight excluding hydrogens is 562 g/mol. The zero-order valence-corrected chi connectivity index (χ0v) is 29.0. The summed E-state index contributed by atoms with van der Waals surface area (Å²) in [4.78, 5) is 12.5. The van der Waals surface area contributed by atoms with Gasteiger partial charge in [0.1, 0.15) is 6.10 Å². The van der Waals surface area contributed by atoms with Gasteiger partial charge in [0.25, 0.3) is 10.1 Å². The maximum Gasteiger partial charge on any atom is 0.266 e. The Morgan fingerprint density at radius 3 is 1.16 bits per heavy atom. The van der Waals surface area contributed by atoms with E-state index in [1.165, 1.54) is 122 Å². The van der Waals surface area contributed by atoms with Gasteiger partial charge in [-0.25, -0.2) is 0 Å². The van der Waals surface area contributed by atoms with Crippen LogP contribution >= 0.6 is 0 Å². The van der Waals surface area contributed by atoms with Crippen LogP contribution in [0.1, 0.15) is 194 Å². The van der Waals surface area contributed by atoms with E-state index in [4.69, 9.17) is 0 Å². The van der Waals surface area contributed by atoms with E-state index in [0.29, 0.717) is 12.8 Å². The van der Waals surface area contributed by atoms with Gasteiger partial charge in [-0.1, -0.05) is 181 Å². The summed E-state index contributed by atoms with van der Waals surface area (Å²) in [6, 6.07) is -1.14. The molecule has 0 heterocycles. The summed E-state index contributed by atoms with van der Waals surface area (Å²) in [7, 11) is -4.39. The number of hydrogen-bond acceptors (Lipinski definition) is 5. The Labute approximate surface area is 266 Å². The molecule has 0 fully saturated rings. The molecule has 258 valence electrons. The van der Waals surface area contributed by atoms with Crippen molar-refractivity contribution in [1.29, 1.82) is 0 Å². The van der Waals surface area contributed by atoms with Crippen molar-refractivity contribution in [2.24, 2.45) is 0 Å². The minimum atomic E-state index is -4.39. The zero-order valence-electron chi connectivity index (χ0n) is 28.2. The van der Waals surface area contributed by atoms with Gasteiger partial charge in [-0.2, -0.15) is 8.42 Å².